The van der Waals surface area contributed by atoms with Crippen molar-refractivity contribution in [1.29, 1.82) is 0 Å². The fraction of sp³-hybridized carbons (Fsp3) is 0.600. The topological polar surface area (TPSA) is 188 Å². The SMILES string of the molecule is O=C([O-])C(=O)[O-].O=C([O-])C(=O)[O-].[Co+3].[K+].[NH-]CCN(CCCl)CCCl. The summed E-state index contributed by atoms with van der Waals surface area (Å²) >= 11 is 11.0. The Morgan fingerprint density at radius 3 is 1.12 bits per heavy atom. The zero-order valence-corrected chi connectivity index (χ0v) is 18.2. The van der Waals surface area contributed by atoms with Gasteiger partial charge in [-0.15, -0.1) is 29.7 Å². The molecule has 24 heavy (non-hydrogen) atoms. The Kier molecular flexibility index (Phi) is 38.2. The van der Waals surface area contributed by atoms with E-state index < -0.39 is 23.9 Å². The maximum atomic E-state index is 8.93. The number of nitrogens with zero attached hydrogens (tertiary/aromatic N) is 1. The van der Waals surface area contributed by atoms with Crippen LogP contribution in [0.2, 0.25) is 0 Å². The number of carboxylic acid groups (broad SMARTS) is 4. The zero-order valence-electron chi connectivity index (χ0n) is 12.5. The number of carboxylic acids is 4. The Labute approximate surface area is 201 Å². The molecule has 0 unspecified atom stereocenters. The number of hydrogen-bond acceptors (Lipinski definition) is 9. The molecule has 0 aliphatic heterocycles. The van der Waals surface area contributed by atoms with Crippen LogP contribution in [-0.4, -0.2) is 66.7 Å². The van der Waals surface area contributed by atoms with Crippen molar-refractivity contribution in [3.05, 3.63) is 5.73 Å². The van der Waals surface area contributed by atoms with E-state index in [4.69, 9.17) is 68.5 Å². The summed E-state index contributed by atoms with van der Waals surface area (Å²) in [5.74, 6) is -7.50. The van der Waals surface area contributed by atoms with Crippen molar-refractivity contribution in [2.75, 3.05) is 37.9 Å². The number of nitrogens with one attached hydrogen (secondary N) is 1. The van der Waals surface area contributed by atoms with Crippen molar-refractivity contribution in [2.45, 2.75) is 0 Å². The fourth-order valence-corrected chi connectivity index (χ4v) is 1.21. The summed E-state index contributed by atoms with van der Waals surface area (Å²) in [4.78, 5) is 37.8. The van der Waals surface area contributed by atoms with Gasteiger partial charge in [-0.3, -0.25) is 0 Å². The Bertz CT molecular complexity index is 303. The third kappa shape index (κ3) is 34.0. The first kappa shape index (κ1) is 35.6. The van der Waals surface area contributed by atoms with Gasteiger partial charge in [0.15, 0.2) is 0 Å². The molecule has 0 atom stereocenters. The molecule has 0 aliphatic rings. The van der Waals surface area contributed by atoms with Gasteiger partial charge in [0.2, 0.25) is 0 Å². The third-order valence-electron chi connectivity index (χ3n) is 1.56. The van der Waals surface area contributed by atoms with Gasteiger partial charge in [-0.05, 0) is 6.54 Å². The summed E-state index contributed by atoms with van der Waals surface area (Å²) in [6.45, 7) is 2.88. The number of carbonyl (C=O) groups excluding carboxylic acids is 4. The van der Waals surface area contributed by atoms with Crippen LogP contribution in [0.1, 0.15) is 0 Å². The molecule has 136 valence electrons. The van der Waals surface area contributed by atoms with Crippen molar-refractivity contribution in [2.24, 2.45) is 0 Å². The predicted octanol–water partition coefficient (Wildman–Crippen LogP) is -8.21. The van der Waals surface area contributed by atoms with Crippen LogP contribution in [-0.2, 0) is 36.0 Å². The molecule has 10 nitrogen and oxygen atoms in total. The van der Waals surface area contributed by atoms with Crippen LogP contribution < -0.4 is 71.8 Å². The van der Waals surface area contributed by atoms with Gasteiger partial charge in [-0.2, -0.15) is 0 Å². The summed E-state index contributed by atoms with van der Waals surface area (Å²) < 4.78 is 0. The van der Waals surface area contributed by atoms with Gasteiger partial charge >= 0.3 is 68.2 Å². The second-order valence-corrected chi connectivity index (χ2v) is 3.88. The third-order valence-corrected chi connectivity index (χ3v) is 1.90. The standard InChI is InChI=1S/C6H13Cl2N2.2C2H2O4.Co.K/c7-1-4-10(5-2-8)6-3-9;2*3-1(4)2(5)6;;/h9H,1-6H2;2*(H,3,4)(H,5,6);;/q-1;;;+3;+1/p-4. The van der Waals surface area contributed by atoms with Crippen LogP contribution in [0.5, 0.6) is 0 Å². The van der Waals surface area contributed by atoms with E-state index in [9.17, 15) is 0 Å². The number of carbonyl (C=O) groups is 4. The normalized spacial score (nSPS) is 8.17. The maximum Gasteiger partial charge on any atom is 3.00 e. The van der Waals surface area contributed by atoms with E-state index in [-0.39, 0.29) is 68.2 Å². The summed E-state index contributed by atoms with van der Waals surface area (Å²) in [6, 6.07) is 0. The van der Waals surface area contributed by atoms with Crippen LogP contribution in [0.15, 0.2) is 0 Å². The first-order valence-corrected chi connectivity index (χ1v) is 6.54. The average molecular weight is 458 g/mol. The molecule has 0 aromatic heterocycles. The van der Waals surface area contributed by atoms with Gasteiger partial charge in [0, 0.05) is 24.8 Å². The fourth-order valence-electron chi connectivity index (χ4n) is 0.733. The molecule has 0 heterocycles. The predicted molar refractivity (Wildman–Crippen MR) is 67.1 cm³/mol. The second kappa shape index (κ2) is 25.8. The van der Waals surface area contributed by atoms with Crippen molar-refractivity contribution in [3.8, 4) is 0 Å². The molecule has 0 amide bonds. The number of halogens is 2. The first-order chi connectivity index (χ1) is 10.1. The van der Waals surface area contributed by atoms with Crippen molar-refractivity contribution < 1.29 is 108 Å². The molecule has 0 radical (unpaired) electrons. The minimum absolute atomic E-state index is 0. The molecule has 0 aliphatic carbocycles. The first-order valence-electron chi connectivity index (χ1n) is 5.47. The van der Waals surface area contributed by atoms with Crippen LogP contribution in [0.25, 0.3) is 5.73 Å². The monoisotopic (exact) mass is 457 g/mol. The molecule has 14 heteroatoms. The smallest absolute Gasteiger partial charge is 0.676 e. The van der Waals surface area contributed by atoms with E-state index in [1.165, 1.54) is 0 Å². The molecule has 0 bridgehead atoms. The molecule has 0 rings (SSSR count). The quantitative estimate of drug-likeness (QED) is 0.212. The van der Waals surface area contributed by atoms with Crippen LogP contribution >= 0.6 is 23.2 Å². The molecular formula is C10H13Cl2CoKN2O8-. The minimum Gasteiger partial charge on any atom is -0.676 e. The molecule has 0 saturated heterocycles. The Morgan fingerprint density at radius 1 is 0.750 bits per heavy atom. The maximum absolute atomic E-state index is 8.93. The van der Waals surface area contributed by atoms with Crippen LogP contribution in [0.4, 0.5) is 0 Å². The van der Waals surface area contributed by atoms with Gasteiger partial charge in [0.05, 0.1) is 23.9 Å². The van der Waals surface area contributed by atoms with Crippen LogP contribution in [0.3, 0.4) is 0 Å². The largest absolute Gasteiger partial charge is 3.00 e. The summed E-state index contributed by atoms with van der Waals surface area (Å²) in [6.07, 6.45) is 0. The second-order valence-electron chi connectivity index (χ2n) is 3.12. The van der Waals surface area contributed by atoms with E-state index in [0.29, 0.717) is 18.3 Å². The summed E-state index contributed by atoms with van der Waals surface area (Å²) in [7, 11) is 0. The summed E-state index contributed by atoms with van der Waals surface area (Å²) in [5.41, 5.74) is 6.96. The van der Waals surface area contributed by atoms with Crippen molar-refractivity contribution >= 4 is 47.1 Å². The Hall–Kier alpha value is 0.523. The Balaban J connectivity index is -0.0000000759. The molecular weight excluding hydrogens is 445 g/mol. The zero-order chi connectivity index (χ0) is 18.1. The summed E-state index contributed by atoms with van der Waals surface area (Å²) in [5, 5.41) is 35.7. The molecule has 1 N–H and O–H groups in total. The Morgan fingerprint density at radius 2 is 1.00 bits per heavy atom. The van der Waals surface area contributed by atoms with E-state index in [0.717, 1.165) is 19.6 Å². The number of hydrogen-bond donors (Lipinski definition) is 0. The van der Waals surface area contributed by atoms with E-state index in [1.807, 2.05) is 0 Å². The molecule has 0 fully saturated rings. The van der Waals surface area contributed by atoms with Crippen LogP contribution in [0, 0.1) is 0 Å². The van der Waals surface area contributed by atoms with Gasteiger partial charge in [-0.25, -0.2) is 0 Å². The van der Waals surface area contributed by atoms with E-state index in [2.05, 4.69) is 4.90 Å². The molecule has 0 spiro atoms. The van der Waals surface area contributed by atoms with Gasteiger partial charge in [-0.1, -0.05) is 0 Å². The molecule has 0 saturated carbocycles. The van der Waals surface area contributed by atoms with Gasteiger partial charge < -0.3 is 50.2 Å². The minimum atomic E-state index is -2.19. The number of aliphatic carboxylic acids is 4. The average Bonchev–Trinajstić information content (AvgIpc) is 2.40. The van der Waals surface area contributed by atoms with E-state index in [1.54, 1.807) is 0 Å². The van der Waals surface area contributed by atoms with Crippen molar-refractivity contribution in [1.82, 2.24) is 4.90 Å². The van der Waals surface area contributed by atoms with Gasteiger partial charge in [0.25, 0.3) is 0 Å². The molecule has 0 aromatic rings. The van der Waals surface area contributed by atoms with Crippen molar-refractivity contribution in [3.63, 3.8) is 0 Å². The molecule has 0 aromatic carbocycles. The van der Waals surface area contributed by atoms with Gasteiger partial charge in [0.1, 0.15) is 0 Å². The number of rotatable bonds is 6. The number of alkyl halides is 2. The van der Waals surface area contributed by atoms with E-state index >= 15 is 0 Å².